The lowest BCUT2D eigenvalue weighted by Gasteiger charge is -2.04. The molecule has 0 aromatic heterocycles. The van der Waals surface area contributed by atoms with Crippen LogP contribution in [0.2, 0.25) is 0 Å². The van der Waals surface area contributed by atoms with Gasteiger partial charge in [0.1, 0.15) is 5.75 Å². The Morgan fingerprint density at radius 2 is 2.07 bits per heavy atom. The molecule has 1 aliphatic heterocycles. The molecule has 0 fully saturated rings. The van der Waals surface area contributed by atoms with Crippen molar-refractivity contribution in [2.24, 2.45) is 4.99 Å². The van der Waals surface area contributed by atoms with Crippen molar-refractivity contribution in [2.45, 2.75) is 26.7 Å². The summed E-state index contributed by atoms with van der Waals surface area (Å²) in [5.74, 6) is -0.645. The van der Waals surface area contributed by atoms with Gasteiger partial charge in [0.2, 0.25) is 5.90 Å². The highest BCUT2D eigenvalue weighted by atomic mass is 16.6. The van der Waals surface area contributed by atoms with Crippen LogP contribution < -0.4 is 4.74 Å². The molecule has 0 radical (unpaired) electrons. The summed E-state index contributed by atoms with van der Waals surface area (Å²) >= 11 is 0. The smallest absolute Gasteiger partial charge is 0.363 e. The van der Waals surface area contributed by atoms with Crippen molar-refractivity contribution in [3.05, 3.63) is 75.0 Å². The van der Waals surface area contributed by atoms with E-state index in [0.717, 1.165) is 0 Å². The van der Waals surface area contributed by atoms with Crippen molar-refractivity contribution in [3.8, 4) is 5.75 Å². The largest absolute Gasteiger partial charge is 0.427 e. The number of ether oxygens (including phenoxy) is 2. The fourth-order valence-electron chi connectivity index (χ4n) is 2.68. The van der Waals surface area contributed by atoms with Gasteiger partial charge in [-0.05, 0) is 43.2 Å². The lowest BCUT2D eigenvalue weighted by atomic mass is 10.1. The first-order chi connectivity index (χ1) is 13.9. The number of hydrogen-bond acceptors (Lipinski definition) is 7. The lowest BCUT2D eigenvalue weighted by molar-refractivity contribution is -0.385. The van der Waals surface area contributed by atoms with Gasteiger partial charge in [0, 0.05) is 23.6 Å². The number of aryl methyl sites for hydroxylation is 1. The number of carbonyl (C=O) groups excluding carboxylic acids is 2. The van der Waals surface area contributed by atoms with E-state index in [-0.39, 0.29) is 23.3 Å². The van der Waals surface area contributed by atoms with Crippen LogP contribution in [0.3, 0.4) is 0 Å². The van der Waals surface area contributed by atoms with Crippen molar-refractivity contribution >= 4 is 29.6 Å². The minimum atomic E-state index is -0.670. The molecule has 0 saturated heterocycles. The Morgan fingerprint density at radius 1 is 1.28 bits per heavy atom. The van der Waals surface area contributed by atoms with Crippen LogP contribution in [0.15, 0.2) is 53.2 Å². The second-order valence-electron chi connectivity index (χ2n) is 6.39. The Kier molecular flexibility index (Phi) is 5.82. The molecule has 0 atom stereocenters. The molecule has 0 spiro atoms. The molecule has 0 N–H and O–H groups in total. The molecule has 8 heteroatoms. The number of hydrogen-bond donors (Lipinski definition) is 0. The standard InChI is InChI=1S/C21H18N2O6/c1-3-5-19(24)28-16-7-4-6-14(10-16)11-17-21(25)29-20(22-17)15-9-8-13(2)18(12-15)23(26)27/h4,6-12H,3,5H2,1-2H3/b17-11-. The zero-order valence-electron chi connectivity index (χ0n) is 15.9. The Labute approximate surface area is 166 Å². The van der Waals surface area contributed by atoms with Crippen LogP contribution in [-0.4, -0.2) is 22.8 Å². The quantitative estimate of drug-likeness (QED) is 0.241. The number of nitrogens with zero attached hydrogens (tertiary/aromatic N) is 2. The van der Waals surface area contributed by atoms with E-state index in [2.05, 4.69) is 4.99 Å². The predicted molar refractivity (Wildman–Crippen MR) is 105 cm³/mol. The van der Waals surface area contributed by atoms with Gasteiger partial charge in [0.15, 0.2) is 5.70 Å². The normalized spacial score (nSPS) is 14.5. The van der Waals surface area contributed by atoms with Gasteiger partial charge >= 0.3 is 11.9 Å². The SMILES string of the molecule is CCCC(=O)Oc1cccc(/C=C2\N=C(c3ccc(C)c([N+](=O)[O-])c3)OC2=O)c1. The zero-order valence-corrected chi connectivity index (χ0v) is 15.9. The summed E-state index contributed by atoms with van der Waals surface area (Å²) in [5, 5.41) is 11.1. The molecule has 148 valence electrons. The van der Waals surface area contributed by atoms with Crippen molar-refractivity contribution in [2.75, 3.05) is 0 Å². The van der Waals surface area contributed by atoms with Crippen molar-refractivity contribution in [3.63, 3.8) is 0 Å². The number of benzene rings is 2. The Morgan fingerprint density at radius 3 is 2.79 bits per heavy atom. The molecule has 0 amide bonds. The minimum absolute atomic E-state index is 0.00474. The van der Waals surface area contributed by atoms with E-state index in [4.69, 9.17) is 9.47 Å². The highest BCUT2D eigenvalue weighted by Gasteiger charge is 2.26. The molecule has 1 heterocycles. The van der Waals surface area contributed by atoms with Gasteiger partial charge in [0.25, 0.3) is 5.69 Å². The van der Waals surface area contributed by atoms with Crippen LogP contribution >= 0.6 is 0 Å². The topological polar surface area (TPSA) is 108 Å². The van der Waals surface area contributed by atoms with E-state index in [0.29, 0.717) is 35.3 Å². The first-order valence-electron chi connectivity index (χ1n) is 8.96. The highest BCUT2D eigenvalue weighted by molar-refractivity contribution is 6.13. The maximum absolute atomic E-state index is 12.2. The molecular weight excluding hydrogens is 376 g/mol. The van der Waals surface area contributed by atoms with E-state index >= 15 is 0 Å². The maximum Gasteiger partial charge on any atom is 0.363 e. The van der Waals surface area contributed by atoms with Gasteiger partial charge < -0.3 is 9.47 Å². The van der Waals surface area contributed by atoms with Gasteiger partial charge in [-0.15, -0.1) is 0 Å². The van der Waals surface area contributed by atoms with Gasteiger partial charge in [-0.1, -0.05) is 25.1 Å². The van der Waals surface area contributed by atoms with E-state index in [9.17, 15) is 19.7 Å². The van der Waals surface area contributed by atoms with Crippen LogP contribution in [0.5, 0.6) is 5.75 Å². The summed E-state index contributed by atoms with van der Waals surface area (Å²) in [6, 6.07) is 11.2. The van der Waals surface area contributed by atoms with Crippen molar-refractivity contribution in [1.29, 1.82) is 0 Å². The summed E-state index contributed by atoms with van der Waals surface area (Å²) in [6.07, 6.45) is 2.49. The summed E-state index contributed by atoms with van der Waals surface area (Å²) in [7, 11) is 0. The molecule has 0 saturated carbocycles. The molecule has 3 rings (SSSR count). The summed E-state index contributed by atoms with van der Waals surface area (Å²) in [6.45, 7) is 3.50. The van der Waals surface area contributed by atoms with E-state index < -0.39 is 10.9 Å². The van der Waals surface area contributed by atoms with Crippen LogP contribution in [0.4, 0.5) is 5.69 Å². The van der Waals surface area contributed by atoms with E-state index in [1.165, 1.54) is 12.1 Å². The number of aliphatic imine (C=N–C) groups is 1. The summed E-state index contributed by atoms with van der Waals surface area (Å²) in [4.78, 5) is 38.6. The van der Waals surface area contributed by atoms with Gasteiger partial charge in [-0.25, -0.2) is 9.79 Å². The Balaban J connectivity index is 1.87. The first-order valence-corrected chi connectivity index (χ1v) is 8.96. The van der Waals surface area contributed by atoms with E-state index in [1.54, 1.807) is 43.3 Å². The van der Waals surface area contributed by atoms with Gasteiger partial charge in [-0.2, -0.15) is 0 Å². The predicted octanol–water partition coefficient (Wildman–Crippen LogP) is 3.95. The number of carbonyl (C=O) groups is 2. The van der Waals surface area contributed by atoms with E-state index in [1.807, 2.05) is 6.92 Å². The molecule has 0 bridgehead atoms. The molecule has 8 nitrogen and oxygen atoms in total. The highest BCUT2D eigenvalue weighted by Crippen LogP contribution is 2.25. The average Bonchev–Trinajstić information content (AvgIpc) is 3.02. The third kappa shape index (κ3) is 4.73. The molecule has 0 aliphatic carbocycles. The second kappa shape index (κ2) is 8.47. The second-order valence-corrected chi connectivity index (χ2v) is 6.39. The summed E-state index contributed by atoms with van der Waals surface area (Å²) < 4.78 is 10.4. The maximum atomic E-state index is 12.2. The molecule has 1 aliphatic rings. The van der Waals surface area contributed by atoms with Crippen LogP contribution in [0.25, 0.3) is 6.08 Å². The third-order valence-corrected chi connectivity index (χ3v) is 4.12. The average molecular weight is 394 g/mol. The van der Waals surface area contributed by atoms with Crippen molar-refractivity contribution < 1.29 is 24.0 Å². The Hall–Kier alpha value is -3.81. The zero-order chi connectivity index (χ0) is 21.0. The molecule has 29 heavy (non-hydrogen) atoms. The Bertz CT molecular complexity index is 1050. The van der Waals surface area contributed by atoms with Crippen LogP contribution in [-0.2, 0) is 14.3 Å². The van der Waals surface area contributed by atoms with Crippen molar-refractivity contribution in [1.82, 2.24) is 0 Å². The molecule has 2 aromatic rings. The number of nitro benzene ring substituents is 1. The fraction of sp³-hybridized carbons (Fsp3) is 0.190. The van der Waals surface area contributed by atoms with Crippen LogP contribution in [0, 0.1) is 17.0 Å². The number of esters is 2. The molecule has 2 aromatic carbocycles. The van der Waals surface area contributed by atoms with Crippen LogP contribution in [0.1, 0.15) is 36.5 Å². The van der Waals surface area contributed by atoms with Gasteiger partial charge in [0.05, 0.1) is 4.92 Å². The third-order valence-electron chi connectivity index (χ3n) is 4.12. The lowest BCUT2D eigenvalue weighted by Crippen LogP contribution is -2.07. The van der Waals surface area contributed by atoms with Gasteiger partial charge in [-0.3, -0.25) is 14.9 Å². The molecular formula is C21H18N2O6. The number of cyclic esters (lactones) is 1. The fourth-order valence-corrected chi connectivity index (χ4v) is 2.68. The first kappa shape index (κ1) is 19.9. The number of rotatable bonds is 6. The number of nitro groups is 1. The minimum Gasteiger partial charge on any atom is -0.427 e. The monoisotopic (exact) mass is 394 g/mol. The molecule has 0 unspecified atom stereocenters. The summed E-state index contributed by atoms with van der Waals surface area (Å²) in [5.41, 5.74) is 1.38.